The van der Waals surface area contributed by atoms with Crippen LogP contribution in [0.15, 0.2) is 94.7 Å². The van der Waals surface area contributed by atoms with Gasteiger partial charge in [0.15, 0.2) is 0 Å². The molecule has 0 bridgehead atoms. The Morgan fingerprint density at radius 2 is 1.78 bits per heavy atom. The van der Waals surface area contributed by atoms with Crippen LogP contribution in [-0.4, -0.2) is 16.0 Å². The SMILES string of the molecule is Cc1cc(F)ccc1NC(=O)c1ccc2c(c1)N(Cc1cccc(Cl)c1)C(=O)c1ccccc1[S@]2=O. The summed E-state index contributed by atoms with van der Waals surface area (Å²) in [4.78, 5) is 29.2. The molecule has 4 aromatic carbocycles. The Bertz CT molecular complexity index is 1560. The van der Waals surface area contributed by atoms with Gasteiger partial charge in [-0.25, -0.2) is 8.60 Å². The van der Waals surface area contributed by atoms with Crippen LogP contribution in [-0.2, 0) is 17.3 Å². The summed E-state index contributed by atoms with van der Waals surface area (Å²) in [7, 11) is -1.64. The van der Waals surface area contributed by atoms with Crippen molar-refractivity contribution in [2.24, 2.45) is 0 Å². The molecule has 36 heavy (non-hydrogen) atoms. The van der Waals surface area contributed by atoms with Gasteiger partial charge in [-0.1, -0.05) is 35.9 Å². The maximum atomic E-state index is 13.7. The van der Waals surface area contributed by atoms with E-state index in [-0.39, 0.29) is 18.0 Å². The Labute approximate surface area is 215 Å². The molecule has 5 nitrogen and oxygen atoms in total. The number of aryl methyl sites for hydroxylation is 1. The Kier molecular flexibility index (Phi) is 6.43. The first-order chi connectivity index (χ1) is 17.3. The van der Waals surface area contributed by atoms with Gasteiger partial charge in [0, 0.05) is 16.3 Å². The van der Waals surface area contributed by atoms with Crippen molar-refractivity contribution in [1.82, 2.24) is 0 Å². The van der Waals surface area contributed by atoms with Gasteiger partial charge >= 0.3 is 0 Å². The van der Waals surface area contributed by atoms with Crippen LogP contribution >= 0.6 is 11.6 Å². The van der Waals surface area contributed by atoms with Crippen molar-refractivity contribution in [3.8, 4) is 0 Å². The van der Waals surface area contributed by atoms with Crippen molar-refractivity contribution < 1.29 is 18.2 Å². The first kappa shape index (κ1) is 23.9. The quantitative estimate of drug-likeness (QED) is 0.341. The van der Waals surface area contributed by atoms with Crippen molar-refractivity contribution in [2.45, 2.75) is 23.3 Å². The summed E-state index contributed by atoms with van der Waals surface area (Å²) >= 11 is 6.17. The molecular weight excluding hydrogens is 499 g/mol. The molecule has 1 heterocycles. The van der Waals surface area contributed by atoms with E-state index in [1.165, 1.54) is 23.1 Å². The van der Waals surface area contributed by atoms with Crippen LogP contribution in [0.1, 0.15) is 31.8 Å². The smallest absolute Gasteiger partial charge is 0.259 e. The highest BCUT2D eigenvalue weighted by Gasteiger charge is 2.31. The zero-order valence-corrected chi connectivity index (χ0v) is 20.7. The Balaban J connectivity index is 1.59. The minimum absolute atomic E-state index is 0.167. The third-order valence-electron chi connectivity index (χ3n) is 5.94. The fourth-order valence-electron chi connectivity index (χ4n) is 4.14. The number of benzene rings is 4. The minimum atomic E-state index is -1.64. The molecule has 1 aliphatic rings. The molecule has 0 unspecified atom stereocenters. The highest BCUT2D eigenvalue weighted by molar-refractivity contribution is 7.85. The highest BCUT2D eigenvalue weighted by Crippen LogP contribution is 2.36. The molecule has 0 fully saturated rings. The van der Waals surface area contributed by atoms with E-state index in [0.717, 1.165) is 5.56 Å². The van der Waals surface area contributed by atoms with Crippen LogP contribution in [0.5, 0.6) is 0 Å². The minimum Gasteiger partial charge on any atom is -0.322 e. The summed E-state index contributed by atoms with van der Waals surface area (Å²) in [5.74, 6) is -1.16. The lowest BCUT2D eigenvalue weighted by atomic mass is 10.1. The number of nitrogens with one attached hydrogen (secondary N) is 1. The molecule has 1 atom stereocenters. The molecular formula is C28H20ClFN2O3S. The van der Waals surface area contributed by atoms with Crippen LogP contribution < -0.4 is 10.2 Å². The van der Waals surface area contributed by atoms with E-state index in [4.69, 9.17) is 11.6 Å². The van der Waals surface area contributed by atoms with E-state index in [9.17, 15) is 18.2 Å². The maximum Gasteiger partial charge on any atom is 0.259 e. The van der Waals surface area contributed by atoms with Gasteiger partial charge in [-0.2, -0.15) is 0 Å². The third kappa shape index (κ3) is 4.55. The van der Waals surface area contributed by atoms with E-state index in [0.29, 0.717) is 37.3 Å². The molecule has 5 rings (SSSR count). The molecule has 0 saturated carbocycles. The van der Waals surface area contributed by atoms with E-state index in [1.807, 2.05) is 6.07 Å². The maximum absolute atomic E-state index is 13.7. The van der Waals surface area contributed by atoms with Crippen LogP contribution in [0.4, 0.5) is 15.8 Å². The second kappa shape index (κ2) is 9.68. The number of halogens is 2. The van der Waals surface area contributed by atoms with Crippen molar-refractivity contribution in [3.63, 3.8) is 0 Å². The fourth-order valence-corrected chi connectivity index (χ4v) is 5.70. The number of rotatable bonds is 4. The largest absolute Gasteiger partial charge is 0.322 e. The first-order valence-electron chi connectivity index (χ1n) is 11.1. The molecule has 4 aromatic rings. The summed E-state index contributed by atoms with van der Waals surface area (Å²) < 4.78 is 27.0. The lowest BCUT2D eigenvalue weighted by Crippen LogP contribution is -2.30. The Hall–Kier alpha value is -3.81. The zero-order chi connectivity index (χ0) is 25.4. The first-order valence-corrected chi connectivity index (χ1v) is 12.6. The standard InChI is InChI=1S/C28H20ClFN2O3S/c1-17-13-21(30)10-11-23(17)31-27(33)19-9-12-26-24(15-19)32(16-18-5-4-6-20(29)14-18)28(34)22-7-2-3-8-25(22)36(26)35/h2-15H,16H2,1H3,(H,31,33)/t36-/m1/s1. The van der Waals surface area contributed by atoms with E-state index in [2.05, 4.69) is 5.32 Å². The molecule has 1 N–H and O–H groups in total. The van der Waals surface area contributed by atoms with E-state index < -0.39 is 22.5 Å². The monoisotopic (exact) mass is 518 g/mol. The van der Waals surface area contributed by atoms with Crippen molar-refractivity contribution in [1.29, 1.82) is 0 Å². The van der Waals surface area contributed by atoms with Crippen LogP contribution in [0.25, 0.3) is 0 Å². The Morgan fingerprint density at radius 1 is 0.972 bits per heavy atom. The lowest BCUT2D eigenvalue weighted by molar-refractivity contribution is 0.0979. The van der Waals surface area contributed by atoms with Gasteiger partial charge < -0.3 is 10.2 Å². The van der Waals surface area contributed by atoms with Gasteiger partial charge in [-0.3, -0.25) is 9.59 Å². The number of hydrogen-bond donors (Lipinski definition) is 1. The van der Waals surface area contributed by atoms with Gasteiger partial charge in [0.05, 0.1) is 38.4 Å². The molecule has 8 heteroatoms. The molecule has 0 spiro atoms. The number of carbonyl (C=O) groups excluding carboxylic acids is 2. The summed E-state index contributed by atoms with van der Waals surface area (Å²) in [6, 6.07) is 22.8. The molecule has 180 valence electrons. The van der Waals surface area contributed by atoms with Gasteiger partial charge in [0.2, 0.25) is 0 Å². The lowest BCUT2D eigenvalue weighted by Gasteiger charge is -2.24. The average Bonchev–Trinajstić information content (AvgIpc) is 2.95. The second-order valence-corrected chi connectivity index (χ2v) is 10.2. The second-order valence-electron chi connectivity index (χ2n) is 8.38. The average molecular weight is 519 g/mol. The predicted molar refractivity (Wildman–Crippen MR) is 139 cm³/mol. The predicted octanol–water partition coefficient (Wildman–Crippen LogP) is 6.37. The summed E-state index contributed by atoms with van der Waals surface area (Å²) in [5.41, 5.74) is 2.81. The number of fused-ring (bicyclic) bond motifs is 2. The molecule has 0 radical (unpaired) electrons. The van der Waals surface area contributed by atoms with Crippen LogP contribution in [0, 0.1) is 12.7 Å². The van der Waals surface area contributed by atoms with Crippen LogP contribution in [0.3, 0.4) is 0 Å². The van der Waals surface area contributed by atoms with Gasteiger partial charge in [0.25, 0.3) is 11.8 Å². The fraction of sp³-hybridized carbons (Fsp3) is 0.0714. The number of amides is 2. The zero-order valence-electron chi connectivity index (χ0n) is 19.1. The molecule has 0 saturated heterocycles. The third-order valence-corrected chi connectivity index (χ3v) is 7.68. The van der Waals surface area contributed by atoms with Gasteiger partial charge in [-0.05, 0) is 78.7 Å². The summed E-state index contributed by atoms with van der Waals surface area (Å²) in [5, 5.41) is 3.31. The van der Waals surface area contributed by atoms with Gasteiger partial charge in [-0.15, -0.1) is 0 Å². The molecule has 0 aliphatic carbocycles. The van der Waals surface area contributed by atoms with Crippen molar-refractivity contribution in [3.05, 3.63) is 118 Å². The van der Waals surface area contributed by atoms with Crippen molar-refractivity contribution >= 4 is 45.6 Å². The number of anilines is 2. The van der Waals surface area contributed by atoms with E-state index >= 15 is 0 Å². The van der Waals surface area contributed by atoms with Crippen LogP contribution in [0.2, 0.25) is 5.02 Å². The van der Waals surface area contributed by atoms with E-state index in [1.54, 1.807) is 67.6 Å². The summed E-state index contributed by atoms with van der Waals surface area (Å²) in [6.07, 6.45) is 0. The highest BCUT2D eigenvalue weighted by atomic mass is 35.5. The number of carbonyl (C=O) groups is 2. The normalized spacial score (nSPS) is 14.6. The molecule has 1 aliphatic heterocycles. The molecule has 2 amide bonds. The topological polar surface area (TPSA) is 66.5 Å². The number of hydrogen-bond acceptors (Lipinski definition) is 3. The number of nitrogens with zero attached hydrogens (tertiary/aromatic N) is 1. The van der Waals surface area contributed by atoms with Crippen molar-refractivity contribution in [2.75, 3.05) is 10.2 Å². The Morgan fingerprint density at radius 3 is 2.56 bits per heavy atom. The summed E-state index contributed by atoms with van der Waals surface area (Å²) in [6.45, 7) is 1.86. The molecule has 0 aromatic heterocycles. The van der Waals surface area contributed by atoms with Gasteiger partial charge in [0.1, 0.15) is 5.82 Å².